The Morgan fingerprint density at radius 3 is 2.62 bits per heavy atom. The van der Waals surface area contributed by atoms with Crippen molar-refractivity contribution in [1.82, 2.24) is 0 Å². The molecule has 3 heteroatoms. The van der Waals surface area contributed by atoms with Crippen LogP contribution in [0.5, 0.6) is 5.75 Å². The number of methoxy groups -OCH3 is 1. The van der Waals surface area contributed by atoms with Crippen molar-refractivity contribution in [3.63, 3.8) is 0 Å². The van der Waals surface area contributed by atoms with Gasteiger partial charge < -0.3 is 9.84 Å². The lowest BCUT2D eigenvalue weighted by Gasteiger charge is -2.12. The summed E-state index contributed by atoms with van der Waals surface area (Å²) in [4.78, 5) is 11.2. The van der Waals surface area contributed by atoms with Gasteiger partial charge in [-0.25, -0.2) is 0 Å². The van der Waals surface area contributed by atoms with Gasteiger partial charge in [0.05, 0.1) is 7.11 Å². The lowest BCUT2D eigenvalue weighted by molar-refractivity contribution is -0.121. The third kappa shape index (κ3) is 3.07. The molecule has 88 valence electrons. The number of hydrogen-bond acceptors (Lipinski definition) is 3. The van der Waals surface area contributed by atoms with Crippen LogP contribution in [0.25, 0.3) is 0 Å². The number of carbonyl (C=O) groups is 1. The molecule has 1 N–H and O–H groups in total. The fourth-order valence-corrected chi connectivity index (χ4v) is 1.56. The highest BCUT2D eigenvalue weighted by atomic mass is 16.5. The van der Waals surface area contributed by atoms with Crippen LogP contribution in [0.4, 0.5) is 0 Å². The van der Waals surface area contributed by atoms with Crippen molar-refractivity contribution in [3.8, 4) is 5.75 Å². The first kappa shape index (κ1) is 12.7. The molecule has 0 unspecified atom stereocenters. The molecule has 0 aromatic heterocycles. The number of Topliss-reactive ketones (excluding diaryl/α,β-unsaturated/α-hetero) is 1. The number of rotatable bonds is 5. The number of aliphatic hydroxyl groups is 1. The minimum absolute atomic E-state index is 0.195. The van der Waals surface area contributed by atoms with Crippen LogP contribution < -0.4 is 4.74 Å². The van der Waals surface area contributed by atoms with Gasteiger partial charge in [-0.3, -0.25) is 4.79 Å². The van der Waals surface area contributed by atoms with E-state index >= 15 is 0 Å². The second-order valence-electron chi connectivity index (χ2n) is 4.10. The molecule has 1 aromatic carbocycles. The smallest absolute Gasteiger partial charge is 0.162 e. The molecule has 0 aliphatic carbocycles. The van der Waals surface area contributed by atoms with Crippen LogP contribution >= 0.6 is 0 Å². The summed E-state index contributed by atoms with van der Waals surface area (Å²) in [5, 5.41) is 8.75. The lowest BCUT2D eigenvalue weighted by Crippen LogP contribution is -2.09. The maximum Gasteiger partial charge on any atom is 0.162 e. The van der Waals surface area contributed by atoms with Crippen molar-refractivity contribution in [2.75, 3.05) is 13.7 Å². The van der Waals surface area contributed by atoms with Crippen LogP contribution in [0.3, 0.4) is 0 Å². The molecule has 0 bridgehead atoms. The van der Waals surface area contributed by atoms with Crippen molar-refractivity contribution in [2.24, 2.45) is 0 Å². The van der Waals surface area contributed by atoms with Gasteiger partial charge in [-0.15, -0.1) is 0 Å². The van der Waals surface area contributed by atoms with E-state index in [-0.39, 0.29) is 12.2 Å². The van der Waals surface area contributed by atoms with Crippen molar-refractivity contribution in [2.45, 2.75) is 26.2 Å². The molecule has 1 rings (SSSR count). The Bertz CT molecular complexity index is 369. The molecule has 0 aliphatic rings. The fraction of sp³-hybridized carbons (Fsp3) is 0.462. The second kappa shape index (κ2) is 5.66. The van der Waals surface area contributed by atoms with Gasteiger partial charge in [0.25, 0.3) is 0 Å². The summed E-state index contributed by atoms with van der Waals surface area (Å²) in [5.74, 6) is 0.916. The number of hydrogen-bond donors (Lipinski definition) is 1. The zero-order chi connectivity index (χ0) is 12.1. The Kier molecular flexibility index (Phi) is 4.50. The predicted octanol–water partition coefficient (Wildman–Crippen LogP) is 1.92. The lowest BCUT2D eigenvalue weighted by atomic mass is 9.98. The number of carbonyl (C=O) groups excluding carboxylic acids is 1. The summed E-state index contributed by atoms with van der Waals surface area (Å²) in [6, 6.07) is 5.84. The standard InChI is InChI=1S/C13H18O3/c1-9(2)10-4-5-13(16-3)11(6-10)7-12(15)8-14/h4-6,9,14H,7-8H2,1-3H3. The number of ketones is 1. The molecule has 1 aromatic rings. The average molecular weight is 222 g/mol. The largest absolute Gasteiger partial charge is 0.496 e. The first-order valence-corrected chi connectivity index (χ1v) is 5.37. The molecule has 0 heterocycles. The second-order valence-corrected chi connectivity index (χ2v) is 4.10. The fourth-order valence-electron chi connectivity index (χ4n) is 1.56. The van der Waals surface area contributed by atoms with Gasteiger partial charge in [0.1, 0.15) is 12.4 Å². The van der Waals surface area contributed by atoms with Crippen molar-refractivity contribution >= 4 is 5.78 Å². The zero-order valence-electron chi connectivity index (χ0n) is 9.99. The van der Waals surface area contributed by atoms with Gasteiger partial charge in [0.2, 0.25) is 0 Å². The first-order chi connectivity index (χ1) is 7.58. The van der Waals surface area contributed by atoms with Crippen LogP contribution in [0.1, 0.15) is 30.9 Å². The molecule has 0 amide bonds. The summed E-state index contributed by atoms with van der Waals surface area (Å²) >= 11 is 0. The topological polar surface area (TPSA) is 46.5 Å². The number of ether oxygens (including phenoxy) is 1. The number of benzene rings is 1. The Hall–Kier alpha value is -1.35. The molecular formula is C13H18O3. The minimum atomic E-state index is -0.422. The molecular weight excluding hydrogens is 204 g/mol. The quantitative estimate of drug-likeness (QED) is 0.828. The molecule has 16 heavy (non-hydrogen) atoms. The Morgan fingerprint density at radius 1 is 1.44 bits per heavy atom. The van der Waals surface area contributed by atoms with Crippen LogP contribution in [-0.2, 0) is 11.2 Å². The van der Waals surface area contributed by atoms with Crippen LogP contribution in [0.15, 0.2) is 18.2 Å². The highest BCUT2D eigenvalue weighted by Gasteiger charge is 2.10. The van der Waals surface area contributed by atoms with E-state index in [1.165, 1.54) is 5.56 Å². The van der Waals surface area contributed by atoms with Crippen LogP contribution in [0, 0.1) is 0 Å². The van der Waals surface area contributed by atoms with E-state index in [1.807, 2.05) is 18.2 Å². The van der Waals surface area contributed by atoms with Crippen LogP contribution in [0.2, 0.25) is 0 Å². The Morgan fingerprint density at radius 2 is 2.12 bits per heavy atom. The van der Waals surface area contributed by atoms with Crippen molar-refractivity contribution < 1.29 is 14.6 Å². The minimum Gasteiger partial charge on any atom is -0.496 e. The van der Waals surface area contributed by atoms with Gasteiger partial charge >= 0.3 is 0 Å². The third-order valence-corrected chi connectivity index (χ3v) is 2.54. The molecule has 0 fully saturated rings. The van der Waals surface area contributed by atoms with E-state index in [2.05, 4.69) is 13.8 Å². The van der Waals surface area contributed by atoms with Gasteiger partial charge in [-0.05, 0) is 17.5 Å². The molecule has 0 saturated heterocycles. The highest BCUT2D eigenvalue weighted by Crippen LogP contribution is 2.24. The van der Waals surface area contributed by atoms with Gasteiger partial charge in [-0.2, -0.15) is 0 Å². The summed E-state index contributed by atoms with van der Waals surface area (Å²) in [6.45, 7) is 3.77. The number of aliphatic hydroxyl groups excluding tert-OH is 1. The van der Waals surface area contributed by atoms with E-state index in [0.717, 1.165) is 5.56 Å². The van der Waals surface area contributed by atoms with E-state index in [4.69, 9.17) is 9.84 Å². The summed E-state index contributed by atoms with van der Waals surface area (Å²) in [5.41, 5.74) is 2.01. The van der Waals surface area contributed by atoms with Crippen LogP contribution in [-0.4, -0.2) is 24.6 Å². The molecule has 0 atom stereocenters. The van der Waals surface area contributed by atoms with E-state index in [0.29, 0.717) is 11.7 Å². The normalized spacial score (nSPS) is 10.6. The molecule has 0 saturated carbocycles. The highest BCUT2D eigenvalue weighted by molar-refractivity contribution is 5.82. The zero-order valence-corrected chi connectivity index (χ0v) is 9.99. The maximum absolute atomic E-state index is 11.2. The van der Waals surface area contributed by atoms with Gasteiger partial charge in [0.15, 0.2) is 5.78 Å². The monoisotopic (exact) mass is 222 g/mol. The predicted molar refractivity (Wildman–Crippen MR) is 62.9 cm³/mol. The average Bonchev–Trinajstić information content (AvgIpc) is 2.28. The first-order valence-electron chi connectivity index (χ1n) is 5.37. The third-order valence-electron chi connectivity index (χ3n) is 2.54. The SMILES string of the molecule is COc1ccc(C(C)C)cc1CC(=O)CO. The van der Waals surface area contributed by atoms with E-state index < -0.39 is 6.61 Å². The summed E-state index contributed by atoms with van der Waals surface area (Å²) in [6.07, 6.45) is 0.222. The molecule has 0 aliphatic heterocycles. The van der Waals surface area contributed by atoms with Crippen molar-refractivity contribution in [1.29, 1.82) is 0 Å². The Labute approximate surface area is 96.1 Å². The van der Waals surface area contributed by atoms with Crippen molar-refractivity contribution in [3.05, 3.63) is 29.3 Å². The summed E-state index contributed by atoms with van der Waals surface area (Å²) in [7, 11) is 1.58. The molecule has 0 spiro atoms. The maximum atomic E-state index is 11.2. The summed E-state index contributed by atoms with van der Waals surface area (Å²) < 4.78 is 5.19. The molecule has 0 radical (unpaired) electrons. The van der Waals surface area contributed by atoms with E-state index in [1.54, 1.807) is 7.11 Å². The Balaban J connectivity index is 3.02. The van der Waals surface area contributed by atoms with Gasteiger partial charge in [0, 0.05) is 12.0 Å². The molecule has 3 nitrogen and oxygen atoms in total. The van der Waals surface area contributed by atoms with E-state index in [9.17, 15) is 4.79 Å². The van der Waals surface area contributed by atoms with Gasteiger partial charge in [-0.1, -0.05) is 26.0 Å².